The molecule has 4 aliphatic carbocycles. The quantitative estimate of drug-likeness (QED) is 0.553. The summed E-state index contributed by atoms with van der Waals surface area (Å²) in [6.07, 6.45) is 11.2. The molecule has 0 spiro atoms. The van der Waals surface area contributed by atoms with Gasteiger partial charge in [-0.3, -0.25) is 15.2 Å². The van der Waals surface area contributed by atoms with Crippen LogP contribution < -0.4 is 10.9 Å². The Bertz CT molecular complexity index is 841. The molecule has 0 aliphatic heterocycles. The molecule has 0 saturated heterocycles. The predicted molar refractivity (Wildman–Crippen MR) is 103 cm³/mol. The number of hydrogen-bond acceptors (Lipinski definition) is 6. The van der Waals surface area contributed by atoms with Crippen molar-refractivity contribution in [2.75, 3.05) is 5.43 Å². The zero-order chi connectivity index (χ0) is 18.5. The third kappa shape index (κ3) is 3.35. The van der Waals surface area contributed by atoms with Crippen LogP contribution in [0.15, 0.2) is 29.0 Å². The second kappa shape index (κ2) is 6.29. The summed E-state index contributed by atoms with van der Waals surface area (Å²) in [7, 11) is 0. The molecule has 2 unspecified atom stereocenters. The minimum atomic E-state index is -0.0169. The summed E-state index contributed by atoms with van der Waals surface area (Å²) in [6.45, 7) is 0. The summed E-state index contributed by atoms with van der Waals surface area (Å²) in [4.78, 5) is 20.8. The topological polar surface area (TPSA) is 92.9 Å². The van der Waals surface area contributed by atoms with Gasteiger partial charge in [-0.1, -0.05) is 21.1 Å². The highest BCUT2D eigenvalue weighted by molar-refractivity contribution is 9.10. The van der Waals surface area contributed by atoms with Gasteiger partial charge < -0.3 is 4.52 Å². The minimum absolute atomic E-state index is 0.0169. The van der Waals surface area contributed by atoms with Crippen molar-refractivity contribution >= 4 is 27.9 Å². The van der Waals surface area contributed by atoms with Crippen LogP contribution in [-0.4, -0.2) is 25.4 Å². The van der Waals surface area contributed by atoms with Gasteiger partial charge in [0.1, 0.15) is 0 Å². The summed E-state index contributed by atoms with van der Waals surface area (Å²) in [5.74, 6) is 1.98. The number of carbonyl (C=O) groups excluding carboxylic acids is 1. The number of alkyl halides is 1. The van der Waals surface area contributed by atoms with Gasteiger partial charge >= 0.3 is 6.01 Å². The molecule has 2 N–H and O–H groups in total. The third-order valence-electron chi connectivity index (χ3n) is 6.32. The van der Waals surface area contributed by atoms with Crippen LogP contribution in [-0.2, 0) is 4.79 Å². The highest BCUT2D eigenvalue weighted by Crippen LogP contribution is 2.65. The van der Waals surface area contributed by atoms with Crippen LogP contribution in [0.2, 0.25) is 0 Å². The molecule has 2 aromatic rings. The van der Waals surface area contributed by atoms with E-state index in [4.69, 9.17) is 4.52 Å². The van der Waals surface area contributed by atoms with E-state index in [0.717, 1.165) is 23.8 Å². The maximum atomic E-state index is 12.6. The Labute approximate surface area is 165 Å². The summed E-state index contributed by atoms with van der Waals surface area (Å²) in [6, 6.07) is 3.78. The second-order valence-electron chi connectivity index (χ2n) is 8.62. The molecule has 4 fully saturated rings. The van der Waals surface area contributed by atoms with E-state index in [1.54, 1.807) is 24.5 Å². The Balaban J connectivity index is 1.20. The lowest BCUT2D eigenvalue weighted by atomic mass is 9.48. The number of pyridine rings is 1. The molecule has 0 aromatic carbocycles. The smallest absolute Gasteiger partial charge is 0.313 e. The number of carbonyl (C=O) groups is 1. The van der Waals surface area contributed by atoms with Crippen LogP contribution in [0.25, 0.3) is 11.4 Å². The van der Waals surface area contributed by atoms with Crippen molar-refractivity contribution in [1.82, 2.24) is 20.6 Å². The fourth-order valence-corrected chi connectivity index (χ4v) is 7.45. The first kappa shape index (κ1) is 17.2. The van der Waals surface area contributed by atoms with E-state index in [9.17, 15) is 4.79 Å². The van der Waals surface area contributed by atoms with Crippen LogP contribution >= 0.6 is 15.9 Å². The predicted octanol–water partition coefficient (Wildman–Crippen LogP) is 3.70. The molecule has 6 rings (SSSR count). The SMILES string of the molecule is O=C(CC12CC3CC(CC(Br)(C3)C1)C2)NNc1nc(-c2ccncc2)no1. The van der Waals surface area contributed by atoms with Crippen molar-refractivity contribution in [3.63, 3.8) is 0 Å². The second-order valence-corrected chi connectivity index (χ2v) is 10.3. The van der Waals surface area contributed by atoms with E-state index in [0.29, 0.717) is 12.2 Å². The number of aromatic nitrogens is 3. The van der Waals surface area contributed by atoms with Gasteiger partial charge in [-0.15, -0.1) is 0 Å². The first-order chi connectivity index (χ1) is 13.0. The number of nitrogens with one attached hydrogen (secondary N) is 2. The van der Waals surface area contributed by atoms with Crippen molar-refractivity contribution in [3.8, 4) is 11.4 Å². The van der Waals surface area contributed by atoms with Gasteiger partial charge in [-0.2, -0.15) is 4.98 Å². The Morgan fingerprint density at radius 2 is 1.96 bits per heavy atom. The van der Waals surface area contributed by atoms with E-state index < -0.39 is 0 Å². The lowest BCUT2D eigenvalue weighted by Gasteiger charge is -2.60. The highest BCUT2D eigenvalue weighted by atomic mass is 79.9. The Hall–Kier alpha value is -1.96. The first-order valence-electron chi connectivity index (χ1n) is 9.49. The van der Waals surface area contributed by atoms with Crippen molar-refractivity contribution < 1.29 is 9.32 Å². The largest absolute Gasteiger partial charge is 0.340 e. The fourth-order valence-electron chi connectivity index (χ4n) is 5.94. The van der Waals surface area contributed by atoms with Crippen molar-refractivity contribution in [3.05, 3.63) is 24.5 Å². The van der Waals surface area contributed by atoms with Crippen molar-refractivity contribution in [1.29, 1.82) is 0 Å². The number of hydrogen-bond donors (Lipinski definition) is 2. The summed E-state index contributed by atoms with van der Waals surface area (Å²) in [5, 5.41) is 3.92. The molecule has 8 heteroatoms. The fraction of sp³-hybridized carbons (Fsp3) is 0.579. The maximum Gasteiger partial charge on any atom is 0.340 e. The standard InChI is InChI=1S/C19H22BrN5O2/c20-19-8-12-5-13(9-19)7-18(6-12,11-19)10-15(26)23-24-17-22-16(25-27-17)14-1-3-21-4-2-14/h1-4,12-13H,5-11H2,(H,23,26)(H,22,24,25). The van der Waals surface area contributed by atoms with E-state index >= 15 is 0 Å². The number of amides is 1. The minimum Gasteiger partial charge on any atom is -0.313 e. The lowest BCUT2D eigenvalue weighted by molar-refractivity contribution is -0.127. The summed E-state index contributed by atoms with van der Waals surface area (Å²) in [5.41, 5.74) is 6.44. The molecule has 2 heterocycles. The number of anilines is 1. The number of rotatable bonds is 5. The Morgan fingerprint density at radius 1 is 1.22 bits per heavy atom. The van der Waals surface area contributed by atoms with Gasteiger partial charge in [0, 0.05) is 28.7 Å². The molecular formula is C19H22BrN5O2. The number of hydrazine groups is 1. The molecule has 4 aliphatic rings. The van der Waals surface area contributed by atoms with Crippen molar-refractivity contribution in [2.24, 2.45) is 17.3 Å². The zero-order valence-corrected chi connectivity index (χ0v) is 16.5. The van der Waals surface area contributed by atoms with E-state index in [-0.39, 0.29) is 21.7 Å². The molecule has 142 valence electrons. The molecule has 4 saturated carbocycles. The van der Waals surface area contributed by atoms with Crippen LogP contribution in [0.4, 0.5) is 6.01 Å². The molecule has 7 nitrogen and oxygen atoms in total. The summed E-state index contributed by atoms with van der Waals surface area (Å²) >= 11 is 4.00. The normalized spacial score (nSPS) is 33.8. The van der Waals surface area contributed by atoms with Gasteiger partial charge in [0.05, 0.1) is 0 Å². The van der Waals surface area contributed by atoms with Crippen LogP contribution in [0.5, 0.6) is 0 Å². The monoisotopic (exact) mass is 431 g/mol. The number of halogens is 1. The molecule has 2 aromatic heterocycles. The molecule has 1 amide bonds. The van der Waals surface area contributed by atoms with E-state index in [1.807, 2.05) is 0 Å². The molecule has 27 heavy (non-hydrogen) atoms. The molecule has 4 bridgehead atoms. The van der Waals surface area contributed by atoms with Gasteiger partial charge in [0.25, 0.3) is 0 Å². The molecular weight excluding hydrogens is 410 g/mol. The zero-order valence-electron chi connectivity index (χ0n) is 14.9. The van der Waals surface area contributed by atoms with Crippen LogP contribution in [0.3, 0.4) is 0 Å². The van der Waals surface area contributed by atoms with Gasteiger partial charge in [0.2, 0.25) is 11.7 Å². The number of nitrogens with zero attached hydrogens (tertiary/aromatic N) is 3. The average molecular weight is 432 g/mol. The van der Waals surface area contributed by atoms with Crippen molar-refractivity contribution in [2.45, 2.75) is 49.3 Å². The van der Waals surface area contributed by atoms with Crippen LogP contribution in [0, 0.1) is 17.3 Å². The van der Waals surface area contributed by atoms with Gasteiger partial charge in [-0.05, 0) is 67.9 Å². The Kier molecular flexibility index (Phi) is 4.00. The maximum absolute atomic E-state index is 12.6. The van der Waals surface area contributed by atoms with E-state index in [2.05, 4.69) is 41.9 Å². The van der Waals surface area contributed by atoms with E-state index in [1.165, 1.54) is 32.1 Å². The average Bonchev–Trinajstić information content (AvgIpc) is 3.07. The first-order valence-corrected chi connectivity index (χ1v) is 10.3. The van der Waals surface area contributed by atoms with Gasteiger partial charge in [-0.25, -0.2) is 5.43 Å². The molecule has 2 atom stereocenters. The highest BCUT2D eigenvalue weighted by Gasteiger charge is 2.57. The Morgan fingerprint density at radius 3 is 2.67 bits per heavy atom. The van der Waals surface area contributed by atoms with Crippen LogP contribution in [0.1, 0.15) is 44.9 Å². The molecule has 0 radical (unpaired) electrons. The van der Waals surface area contributed by atoms with Gasteiger partial charge in [0.15, 0.2) is 0 Å². The third-order valence-corrected chi connectivity index (χ3v) is 7.25. The lowest BCUT2D eigenvalue weighted by Crippen LogP contribution is -2.54. The summed E-state index contributed by atoms with van der Waals surface area (Å²) < 4.78 is 5.43.